The first-order valence-electron chi connectivity index (χ1n) is 8.28. The van der Waals surface area contributed by atoms with Gasteiger partial charge in [0, 0.05) is 37.3 Å². The Kier molecular flexibility index (Phi) is 4.85. The minimum atomic E-state index is -0.0887. The highest BCUT2D eigenvalue weighted by Crippen LogP contribution is 2.23. The fourth-order valence-corrected chi connectivity index (χ4v) is 3.87. The molecule has 3 aromatic heterocycles. The molecule has 4 rings (SSSR count). The van der Waals surface area contributed by atoms with E-state index in [1.54, 1.807) is 33.3 Å². The van der Waals surface area contributed by atoms with Gasteiger partial charge in [-0.15, -0.1) is 16.4 Å². The lowest BCUT2D eigenvalue weighted by Gasteiger charge is -2.35. The van der Waals surface area contributed by atoms with Crippen molar-refractivity contribution >= 4 is 34.7 Å². The first kappa shape index (κ1) is 17.0. The van der Waals surface area contributed by atoms with Crippen LogP contribution in [0.3, 0.4) is 0 Å². The number of anilines is 1. The molecule has 1 aliphatic rings. The number of hydrogen-bond acceptors (Lipinski definition) is 6. The Labute approximate surface area is 159 Å². The molecule has 9 heteroatoms. The van der Waals surface area contributed by atoms with Gasteiger partial charge in [0.1, 0.15) is 5.82 Å². The fourth-order valence-electron chi connectivity index (χ4n) is 2.93. The van der Waals surface area contributed by atoms with Gasteiger partial charge in [-0.2, -0.15) is 0 Å². The van der Waals surface area contributed by atoms with Gasteiger partial charge in [0.25, 0.3) is 5.91 Å². The van der Waals surface area contributed by atoms with E-state index in [4.69, 9.17) is 11.6 Å². The van der Waals surface area contributed by atoms with Crippen LogP contribution in [-0.2, 0) is 6.54 Å². The van der Waals surface area contributed by atoms with Gasteiger partial charge in [0.2, 0.25) is 0 Å². The van der Waals surface area contributed by atoms with Crippen LogP contribution in [-0.4, -0.2) is 57.0 Å². The van der Waals surface area contributed by atoms with Crippen molar-refractivity contribution in [2.45, 2.75) is 6.54 Å². The zero-order chi connectivity index (χ0) is 17.9. The van der Waals surface area contributed by atoms with Crippen molar-refractivity contribution in [3.05, 3.63) is 57.6 Å². The second-order valence-electron chi connectivity index (χ2n) is 5.97. The highest BCUT2D eigenvalue weighted by atomic mass is 35.5. The average molecular weight is 389 g/mol. The Morgan fingerprint density at radius 2 is 2.04 bits per heavy atom. The SMILES string of the molecule is O=C(c1cn(Cc2cccs2)nn1)N1CCN(c2ncccc2Cl)CC1. The molecule has 1 aliphatic heterocycles. The summed E-state index contributed by atoms with van der Waals surface area (Å²) in [6.07, 6.45) is 3.44. The predicted molar refractivity (Wildman–Crippen MR) is 101 cm³/mol. The number of carbonyl (C=O) groups excluding carboxylic acids is 1. The molecule has 7 nitrogen and oxygen atoms in total. The number of rotatable bonds is 4. The van der Waals surface area contributed by atoms with Gasteiger partial charge in [0.15, 0.2) is 5.69 Å². The molecule has 1 saturated heterocycles. The summed E-state index contributed by atoms with van der Waals surface area (Å²) in [4.78, 5) is 22.1. The monoisotopic (exact) mass is 388 g/mol. The van der Waals surface area contributed by atoms with Crippen LogP contribution >= 0.6 is 22.9 Å². The molecular weight excluding hydrogens is 372 g/mol. The summed E-state index contributed by atoms with van der Waals surface area (Å²) in [6.45, 7) is 3.20. The molecule has 0 spiro atoms. The predicted octanol–water partition coefficient (Wildman–Crippen LogP) is 2.40. The number of hydrogen-bond donors (Lipinski definition) is 0. The Morgan fingerprint density at radius 1 is 1.19 bits per heavy atom. The van der Waals surface area contributed by atoms with E-state index in [1.165, 1.54) is 4.88 Å². The van der Waals surface area contributed by atoms with Crippen LogP contribution in [0.2, 0.25) is 5.02 Å². The molecule has 0 aromatic carbocycles. The molecule has 1 fully saturated rings. The molecule has 0 unspecified atom stereocenters. The van der Waals surface area contributed by atoms with Crippen molar-refractivity contribution in [3.63, 3.8) is 0 Å². The molecular formula is C17H17ClN6OS. The van der Waals surface area contributed by atoms with E-state index < -0.39 is 0 Å². The summed E-state index contributed by atoms with van der Waals surface area (Å²) in [7, 11) is 0. The van der Waals surface area contributed by atoms with Gasteiger partial charge in [-0.3, -0.25) is 4.79 Å². The van der Waals surface area contributed by atoms with E-state index >= 15 is 0 Å². The van der Waals surface area contributed by atoms with Crippen LogP contribution in [0, 0.1) is 0 Å². The van der Waals surface area contributed by atoms with Gasteiger partial charge in [-0.25, -0.2) is 9.67 Å². The van der Waals surface area contributed by atoms with E-state index in [-0.39, 0.29) is 5.91 Å². The lowest BCUT2D eigenvalue weighted by atomic mass is 10.2. The van der Waals surface area contributed by atoms with Gasteiger partial charge in [-0.05, 0) is 23.6 Å². The standard InChI is InChI=1S/C17H17ClN6OS/c18-14-4-1-5-19-16(14)22-6-8-23(9-7-22)17(25)15-12-24(21-20-15)11-13-3-2-10-26-13/h1-5,10,12H,6-9,11H2. The van der Waals surface area contributed by atoms with Gasteiger partial charge >= 0.3 is 0 Å². The maximum atomic E-state index is 12.7. The van der Waals surface area contributed by atoms with Crippen LogP contribution in [0.4, 0.5) is 5.82 Å². The number of pyridine rings is 1. The van der Waals surface area contributed by atoms with Gasteiger partial charge < -0.3 is 9.80 Å². The molecule has 0 atom stereocenters. The van der Waals surface area contributed by atoms with Crippen molar-refractivity contribution in [1.29, 1.82) is 0 Å². The number of thiophene rings is 1. The van der Waals surface area contributed by atoms with Crippen molar-refractivity contribution < 1.29 is 4.79 Å². The summed E-state index contributed by atoms with van der Waals surface area (Å²) in [6, 6.07) is 7.67. The minimum absolute atomic E-state index is 0.0887. The second-order valence-corrected chi connectivity index (χ2v) is 7.41. The molecule has 0 aliphatic carbocycles. The van der Waals surface area contributed by atoms with Crippen molar-refractivity contribution in [3.8, 4) is 0 Å². The average Bonchev–Trinajstić information content (AvgIpc) is 3.34. The van der Waals surface area contributed by atoms with Crippen LogP contribution < -0.4 is 4.90 Å². The smallest absolute Gasteiger partial charge is 0.276 e. The summed E-state index contributed by atoms with van der Waals surface area (Å²) < 4.78 is 1.70. The first-order chi connectivity index (χ1) is 12.7. The minimum Gasteiger partial charge on any atom is -0.352 e. The Hall–Kier alpha value is -2.45. The third-order valence-corrected chi connectivity index (χ3v) is 5.42. The van der Waals surface area contributed by atoms with E-state index in [1.807, 2.05) is 29.6 Å². The first-order valence-corrected chi connectivity index (χ1v) is 9.54. The van der Waals surface area contributed by atoms with E-state index in [0.717, 1.165) is 5.82 Å². The number of aromatic nitrogens is 4. The summed E-state index contributed by atoms with van der Waals surface area (Å²) >= 11 is 7.87. The maximum absolute atomic E-state index is 12.7. The number of halogens is 1. The third kappa shape index (κ3) is 3.56. The molecule has 0 bridgehead atoms. The topological polar surface area (TPSA) is 67.2 Å². The van der Waals surface area contributed by atoms with Crippen LogP contribution in [0.1, 0.15) is 15.4 Å². The maximum Gasteiger partial charge on any atom is 0.276 e. The van der Waals surface area contributed by atoms with Gasteiger partial charge in [0.05, 0.1) is 17.8 Å². The van der Waals surface area contributed by atoms with Crippen molar-refractivity contribution in [2.75, 3.05) is 31.1 Å². The molecule has 0 N–H and O–H groups in total. The summed E-state index contributed by atoms with van der Waals surface area (Å²) in [5, 5.41) is 10.8. The molecule has 134 valence electrons. The van der Waals surface area contributed by atoms with E-state index in [9.17, 15) is 4.79 Å². The number of nitrogens with zero attached hydrogens (tertiary/aromatic N) is 6. The van der Waals surface area contributed by atoms with Crippen LogP contribution in [0.5, 0.6) is 0 Å². The largest absolute Gasteiger partial charge is 0.352 e. The van der Waals surface area contributed by atoms with E-state index in [2.05, 4.69) is 20.2 Å². The number of amides is 1. The molecule has 4 heterocycles. The summed E-state index contributed by atoms with van der Waals surface area (Å²) in [5.41, 5.74) is 0.380. The number of carbonyl (C=O) groups is 1. The fraction of sp³-hybridized carbons (Fsp3) is 0.294. The molecule has 0 radical (unpaired) electrons. The lowest BCUT2D eigenvalue weighted by Crippen LogP contribution is -2.49. The Bertz CT molecular complexity index is 888. The van der Waals surface area contributed by atoms with Gasteiger partial charge in [-0.1, -0.05) is 22.9 Å². The van der Waals surface area contributed by atoms with Crippen molar-refractivity contribution in [2.24, 2.45) is 0 Å². The van der Waals surface area contributed by atoms with Crippen LogP contribution in [0.25, 0.3) is 0 Å². The molecule has 26 heavy (non-hydrogen) atoms. The zero-order valence-corrected chi connectivity index (χ0v) is 15.5. The molecule has 3 aromatic rings. The van der Waals surface area contributed by atoms with Crippen molar-refractivity contribution in [1.82, 2.24) is 24.9 Å². The zero-order valence-electron chi connectivity index (χ0n) is 14.0. The third-order valence-electron chi connectivity index (χ3n) is 4.26. The highest BCUT2D eigenvalue weighted by molar-refractivity contribution is 7.09. The van der Waals surface area contributed by atoms with E-state index in [0.29, 0.717) is 43.4 Å². The normalized spacial score (nSPS) is 14.7. The quantitative estimate of drug-likeness (QED) is 0.686. The highest BCUT2D eigenvalue weighted by Gasteiger charge is 2.25. The Morgan fingerprint density at radius 3 is 2.77 bits per heavy atom. The summed E-state index contributed by atoms with van der Waals surface area (Å²) in [5.74, 6) is 0.678. The lowest BCUT2D eigenvalue weighted by molar-refractivity contribution is 0.0740. The molecule has 1 amide bonds. The number of piperazine rings is 1. The van der Waals surface area contributed by atoms with Crippen LogP contribution in [0.15, 0.2) is 42.0 Å². The Balaban J connectivity index is 1.38. The molecule has 0 saturated carbocycles. The second kappa shape index (κ2) is 7.43.